The molecule has 0 atom stereocenters. The lowest BCUT2D eigenvalue weighted by Gasteiger charge is -2.00. The Morgan fingerprint density at radius 1 is 1.05 bits per heavy atom. The van der Waals surface area contributed by atoms with Crippen LogP contribution in [0.2, 0.25) is 0 Å². The summed E-state index contributed by atoms with van der Waals surface area (Å²) in [6.45, 7) is 1.61. The fourth-order valence-electron chi connectivity index (χ4n) is 1.84. The molecule has 3 rings (SSSR count). The Morgan fingerprint density at radius 3 is 2.65 bits per heavy atom. The molecule has 0 unspecified atom stereocenters. The summed E-state index contributed by atoms with van der Waals surface area (Å²) in [5.41, 5.74) is 1.98. The Bertz CT molecular complexity index is 660. The first-order valence-corrected chi connectivity index (χ1v) is 8.00. The van der Waals surface area contributed by atoms with Gasteiger partial charge in [0, 0.05) is 28.9 Å². The second-order valence-corrected chi connectivity index (χ2v) is 6.22. The van der Waals surface area contributed by atoms with E-state index in [1.165, 1.54) is 17.0 Å². The fraction of sp³-hybridized carbons (Fsp3) is 0.133. The molecule has 2 heterocycles. The first-order chi connectivity index (χ1) is 9.81. The first kappa shape index (κ1) is 13.4. The number of rotatable bonds is 5. The molecule has 0 spiro atoms. The first-order valence-electron chi connectivity index (χ1n) is 6.25. The SMILES string of the molecule is Fc1ccc(-c2nc(CNCc3cccs3)cs2)cc1. The van der Waals surface area contributed by atoms with Crippen LogP contribution >= 0.6 is 22.7 Å². The Hall–Kier alpha value is -1.56. The molecule has 5 heteroatoms. The fourth-order valence-corrected chi connectivity index (χ4v) is 3.34. The molecule has 2 aromatic heterocycles. The van der Waals surface area contributed by atoms with Crippen molar-refractivity contribution >= 4 is 22.7 Å². The van der Waals surface area contributed by atoms with Gasteiger partial charge in [0.25, 0.3) is 0 Å². The number of hydrogen-bond acceptors (Lipinski definition) is 4. The van der Waals surface area contributed by atoms with E-state index in [4.69, 9.17) is 0 Å². The predicted octanol–water partition coefficient (Wildman–Crippen LogP) is 4.30. The quantitative estimate of drug-likeness (QED) is 0.760. The van der Waals surface area contributed by atoms with Crippen LogP contribution in [0, 0.1) is 5.82 Å². The molecular weight excluding hydrogens is 291 g/mol. The van der Waals surface area contributed by atoms with Crippen LogP contribution < -0.4 is 5.32 Å². The average Bonchev–Trinajstić information content (AvgIpc) is 3.11. The molecule has 1 aromatic carbocycles. The van der Waals surface area contributed by atoms with Gasteiger partial charge < -0.3 is 5.32 Å². The minimum atomic E-state index is -0.219. The van der Waals surface area contributed by atoms with Crippen molar-refractivity contribution in [2.75, 3.05) is 0 Å². The highest BCUT2D eigenvalue weighted by molar-refractivity contribution is 7.13. The summed E-state index contributed by atoms with van der Waals surface area (Å²) in [6.07, 6.45) is 0. The molecule has 0 saturated carbocycles. The molecule has 2 nitrogen and oxygen atoms in total. The second kappa shape index (κ2) is 6.26. The maximum atomic E-state index is 12.9. The number of thiazole rings is 1. The van der Waals surface area contributed by atoms with Gasteiger partial charge in [-0.3, -0.25) is 0 Å². The van der Waals surface area contributed by atoms with Crippen LogP contribution in [0.25, 0.3) is 10.6 Å². The van der Waals surface area contributed by atoms with Crippen molar-refractivity contribution in [1.29, 1.82) is 0 Å². The number of benzene rings is 1. The van der Waals surface area contributed by atoms with Gasteiger partial charge in [-0.15, -0.1) is 22.7 Å². The molecule has 0 aliphatic carbocycles. The Balaban J connectivity index is 1.60. The summed E-state index contributed by atoms with van der Waals surface area (Å²) in [5, 5.41) is 8.42. The molecule has 0 aliphatic rings. The molecule has 0 fully saturated rings. The number of nitrogens with one attached hydrogen (secondary N) is 1. The van der Waals surface area contributed by atoms with Gasteiger partial charge in [-0.25, -0.2) is 9.37 Å². The number of halogens is 1. The van der Waals surface area contributed by atoms with Gasteiger partial charge in [0.1, 0.15) is 10.8 Å². The van der Waals surface area contributed by atoms with Crippen molar-refractivity contribution in [3.8, 4) is 10.6 Å². The van der Waals surface area contributed by atoms with Gasteiger partial charge in [-0.2, -0.15) is 0 Å². The van der Waals surface area contributed by atoms with Crippen LogP contribution in [0.15, 0.2) is 47.2 Å². The lowest BCUT2D eigenvalue weighted by molar-refractivity contribution is 0.628. The predicted molar refractivity (Wildman–Crippen MR) is 82.4 cm³/mol. The van der Waals surface area contributed by atoms with Gasteiger partial charge >= 0.3 is 0 Å². The summed E-state index contributed by atoms with van der Waals surface area (Å²) < 4.78 is 12.9. The van der Waals surface area contributed by atoms with E-state index >= 15 is 0 Å². The van der Waals surface area contributed by atoms with Gasteiger partial charge in [0.2, 0.25) is 0 Å². The molecule has 1 N–H and O–H groups in total. The van der Waals surface area contributed by atoms with E-state index in [2.05, 4.69) is 27.8 Å². The lowest BCUT2D eigenvalue weighted by atomic mass is 10.2. The maximum absolute atomic E-state index is 12.9. The summed E-state index contributed by atoms with van der Waals surface area (Å²) in [5.74, 6) is -0.219. The van der Waals surface area contributed by atoms with Crippen LogP contribution in [0.5, 0.6) is 0 Å². The van der Waals surface area contributed by atoms with E-state index in [9.17, 15) is 4.39 Å². The topological polar surface area (TPSA) is 24.9 Å². The van der Waals surface area contributed by atoms with E-state index in [1.807, 2.05) is 5.38 Å². The van der Waals surface area contributed by atoms with Crippen molar-refractivity contribution in [3.05, 3.63) is 63.5 Å². The third-order valence-corrected chi connectivity index (χ3v) is 4.64. The molecule has 0 bridgehead atoms. The third kappa shape index (κ3) is 3.30. The van der Waals surface area contributed by atoms with E-state index in [-0.39, 0.29) is 5.82 Å². The number of aromatic nitrogens is 1. The normalized spacial score (nSPS) is 10.8. The summed E-state index contributed by atoms with van der Waals surface area (Å²) in [4.78, 5) is 5.88. The van der Waals surface area contributed by atoms with Crippen LogP contribution in [0.4, 0.5) is 4.39 Å². The number of hydrogen-bond donors (Lipinski definition) is 1. The zero-order valence-corrected chi connectivity index (χ0v) is 12.3. The molecular formula is C15H13FN2S2. The van der Waals surface area contributed by atoms with Crippen molar-refractivity contribution in [1.82, 2.24) is 10.3 Å². The Morgan fingerprint density at radius 2 is 1.90 bits per heavy atom. The summed E-state index contributed by atoms with van der Waals surface area (Å²) in [6, 6.07) is 10.6. The molecule has 0 aliphatic heterocycles. The highest BCUT2D eigenvalue weighted by Gasteiger charge is 2.05. The highest BCUT2D eigenvalue weighted by atomic mass is 32.1. The monoisotopic (exact) mass is 304 g/mol. The highest BCUT2D eigenvalue weighted by Crippen LogP contribution is 2.23. The van der Waals surface area contributed by atoms with Gasteiger partial charge in [-0.1, -0.05) is 6.07 Å². The molecule has 0 radical (unpaired) electrons. The standard InChI is InChI=1S/C15H13FN2S2/c16-12-5-3-11(4-6-12)15-18-13(10-20-15)8-17-9-14-2-1-7-19-14/h1-7,10,17H,8-9H2. The summed E-state index contributed by atoms with van der Waals surface area (Å²) in [7, 11) is 0. The van der Waals surface area contributed by atoms with Crippen molar-refractivity contribution in [2.45, 2.75) is 13.1 Å². The minimum Gasteiger partial charge on any atom is -0.306 e. The number of thiophene rings is 1. The summed E-state index contributed by atoms with van der Waals surface area (Å²) >= 11 is 3.33. The van der Waals surface area contributed by atoms with Crippen LogP contribution in [-0.2, 0) is 13.1 Å². The van der Waals surface area contributed by atoms with Gasteiger partial charge in [-0.05, 0) is 35.7 Å². The van der Waals surface area contributed by atoms with E-state index in [0.29, 0.717) is 0 Å². The van der Waals surface area contributed by atoms with Crippen molar-refractivity contribution in [2.24, 2.45) is 0 Å². The largest absolute Gasteiger partial charge is 0.306 e. The third-order valence-electron chi connectivity index (χ3n) is 2.83. The zero-order chi connectivity index (χ0) is 13.8. The van der Waals surface area contributed by atoms with Crippen molar-refractivity contribution in [3.63, 3.8) is 0 Å². The Kier molecular flexibility index (Phi) is 4.20. The smallest absolute Gasteiger partial charge is 0.123 e. The van der Waals surface area contributed by atoms with E-state index in [0.717, 1.165) is 29.4 Å². The molecule has 102 valence electrons. The van der Waals surface area contributed by atoms with Gasteiger partial charge in [0.15, 0.2) is 0 Å². The molecule has 3 aromatic rings. The van der Waals surface area contributed by atoms with Gasteiger partial charge in [0.05, 0.1) is 5.69 Å². The van der Waals surface area contributed by atoms with E-state index < -0.39 is 0 Å². The second-order valence-electron chi connectivity index (χ2n) is 4.33. The maximum Gasteiger partial charge on any atom is 0.123 e. The molecule has 0 amide bonds. The van der Waals surface area contributed by atoms with E-state index in [1.54, 1.807) is 34.8 Å². The molecule has 20 heavy (non-hydrogen) atoms. The zero-order valence-electron chi connectivity index (χ0n) is 10.7. The average molecular weight is 304 g/mol. The minimum absolute atomic E-state index is 0.219. The van der Waals surface area contributed by atoms with Crippen LogP contribution in [-0.4, -0.2) is 4.98 Å². The Labute approximate surface area is 124 Å². The van der Waals surface area contributed by atoms with Crippen LogP contribution in [0.3, 0.4) is 0 Å². The number of nitrogens with zero attached hydrogens (tertiary/aromatic N) is 1. The van der Waals surface area contributed by atoms with Crippen molar-refractivity contribution < 1.29 is 4.39 Å². The van der Waals surface area contributed by atoms with Crippen LogP contribution in [0.1, 0.15) is 10.6 Å². The lowest BCUT2D eigenvalue weighted by Crippen LogP contribution is -2.11. The molecule has 0 saturated heterocycles.